The van der Waals surface area contributed by atoms with Gasteiger partial charge in [-0.15, -0.1) is 0 Å². The van der Waals surface area contributed by atoms with Gasteiger partial charge in [-0.3, -0.25) is 9.59 Å². The summed E-state index contributed by atoms with van der Waals surface area (Å²) in [7, 11) is 0. The summed E-state index contributed by atoms with van der Waals surface area (Å²) in [5, 5.41) is 2.49. The number of urea groups is 1. The molecule has 0 heterocycles. The second-order valence-electron chi connectivity index (χ2n) is 6.44. The highest BCUT2D eigenvalue weighted by Crippen LogP contribution is 2.23. The zero-order chi connectivity index (χ0) is 18.2. The van der Waals surface area contributed by atoms with Crippen LogP contribution in [0.1, 0.15) is 60.5 Å². The van der Waals surface area contributed by atoms with E-state index >= 15 is 0 Å². The van der Waals surface area contributed by atoms with Crippen LogP contribution >= 0.6 is 0 Å². The van der Waals surface area contributed by atoms with Crippen molar-refractivity contribution in [2.24, 2.45) is 5.73 Å². The number of rotatable bonds is 9. The Morgan fingerprint density at radius 3 is 2.68 bits per heavy atom. The molecule has 1 aromatic carbocycles. The molecule has 0 aliphatic heterocycles. The van der Waals surface area contributed by atoms with E-state index in [0.29, 0.717) is 18.5 Å². The first-order valence-electron chi connectivity index (χ1n) is 8.86. The van der Waals surface area contributed by atoms with E-state index in [1.165, 1.54) is 11.1 Å². The van der Waals surface area contributed by atoms with Gasteiger partial charge in [-0.2, -0.15) is 0 Å². The number of esters is 1. The van der Waals surface area contributed by atoms with Gasteiger partial charge >= 0.3 is 12.0 Å². The van der Waals surface area contributed by atoms with Crippen molar-refractivity contribution in [1.29, 1.82) is 0 Å². The monoisotopic (exact) mass is 346 g/mol. The summed E-state index contributed by atoms with van der Waals surface area (Å²) in [6.45, 7) is 2.11. The molecule has 25 heavy (non-hydrogen) atoms. The number of ketones is 1. The van der Waals surface area contributed by atoms with Crippen LogP contribution in [0.5, 0.6) is 0 Å². The lowest BCUT2D eigenvalue weighted by Gasteiger charge is -2.13. The molecule has 6 heteroatoms. The number of unbranched alkanes of at least 4 members (excludes halogenated alkanes) is 2. The Labute approximate surface area is 148 Å². The highest BCUT2D eigenvalue weighted by Gasteiger charge is 2.21. The van der Waals surface area contributed by atoms with E-state index in [1.807, 2.05) is 18.2 Å². The standard InChI is InChI=1S/C19H26N2O4/c1-13(25-17(22)8-3-2-4-11-21-19(20)24)18(23)16-10-9-14-6-5-7-15(14)12-16/h9-10,12-13H,2-8,11H2,1H3,(H3,20,21,24)/t13-/m1/s1. The van der Waals surface area contributed by atoms with Gasteiger partial charge in [-0.25, -0.2) is 4.79 Å². The molecule has 0 spiro atoms. The summed E-state index contributed by atoms with van der Waals surface area (Å²) in [6, 6.07) is 5.21. The lowest BCUT2D eigenvalue weighted by Crippen LogP contribution is -2.30. The highest BCUT2D eigenvalue weighted by atomic mass is 16.5. The van der Waals surface area contributed by atoms with Crippen molar-refractivity contribution in [1.82, 2.24) is 5.32 Å². The fraction of sp³-hybridized carbons (Fsp3) is 0.526. The van der Waals surface area contributed by atoms with Crippen molar-refractivity contribution in [2.75, 3.05) is 6.54 Å². The second-order valence-corrected chi connectivity index (χ2v) is 6.44. The molecular formula is C19H26N2O4. The molecule has 0 bridgehead atoms. The minimum Gasteiger partial charge on any atom is -0.454 e. The molecule has 0 saturated heterocycles. The lowest BCUT2D eigenvalue weighted by molar-refractivity contribution is -0.146. The number of carbonyl (C=O) groups excluding carboxylic acids is 3. The Morgan fingerprint density at radius 2 is 1.92 bits per heavy atom. The molecule has 0 fully saturated rings. The number of Topliss-reactive ketones (excluding diaryl/α,β-unsaturated/α-hetero) is 1. The summed E-state index contributed by atoms with van der Waals surface area (Å²) in [5.74, 6) is -0.529. The van der Waals surface area contributed by atoms with Crippen molar-refractivity contribution >= 4 is 17.8 Å². The van der Waals surface area contributed by atoms with Crippen LogP contribution in [-0.2, 0) is 22.4 Å². The predicted octanol–water partition coefficient (Wildman–Crippen LogP) is 2.52. The van der Waals surface area contributed by atoms with Crippen LogP contribution in [-0.4, -0.2) is 30.4 Å². The average molecular weight is 346 g/mol. The van der Waals surface area contributed by atoms with Crippen LogP contribution in [0.4, 0.5) is 4.79 Å². The number of hydrogen-bond acceptors (Lipinski definition) is 4. The third kappa shape index (κ3) is 5.89. The molecule has 2 amide bonds. The number of benzene rings is 1. The SMILES string of the molecule is C[C@@H](OC(=O)CCCCCNC(N)=O)C(=O)c1ccc2c(c1)CCC2. The summed E-state index contributed by atoms with van der Waals surface area (Å²) < 4.78 is 5.25. The smallest absolute Gasteiger partial charge is 0.312 e. The molecule has 0 radical (unpaired) electrons. The molecule has 0 aromatic heterocycles. The molecule has 1 atom stereocenters. The first kappa shape index (κ1) is 19.0. The molecule has 6 nitrogen and oxygen atoms in total. The van der Waals surface area contributed by atoms with Crippen LogP contribution in [0.25, 0.3) is 0 Å². The van der Waals surface area contributed by atoms with Crippen LogP contribution in [0.2, 0.25) is 0 Å². The Morgan fingerprint density at radius 1 is 1.16 bits per heavy atom. The minimum absolute atomic E-state index is 0.159. The topological polar surface area (TPSA) is 98.5 Å². The van der Waals surface area contributed by atoms with Gasteiger partial charge in [0.15, 0.2) is 6.10 Å². The number of primary amides is 1. The van der Waals surface area contributed by atoms with E-state index in [9.17, 15) is 14.4 Å². The van der Waals surface area contributed by atoms with Gasteiger partial charge in [0.1, 0.15) is 0 Å². The van der Waals surface area contributed by atoms with Gasteiger partial charge in [0.25, 0.3) is 0 Å². The molecule has 0 saturated carbocycles. The van der Waals surface area contributed by atoms with Gasteiger partial charge in [-0.1, -0.05) is 18.6 Å². The van der Waals surface area contributed by atoms with Crippen molar-refractivity contribution in [3.05, 3.63) is 34.9 Å². The van der Waals surface area contributed by atoms with Gasteiger partial charge in [0.05, 0.1) is 0 Å². The summed E-state index contributed by atoms with van der Waals surface area (Å²) in [6.07, 6.45) is 4.88. The van der Waals surface area contributed by atoms with Gasteiger partial charge in [0.2, 0.25) is 5.78 Å². The molecule has 3 N–H and O–H groups in total. The molecule has 0 unspecified atom stereocenters. The maximum atomic E-state index is 12.4. The zero-order valence-corrected chi connectivity index (χ0v) is 14.7. The maximum Gasteiger partial charge on any atom is 0.312 e. The fourth-order valence-corrected chi connectivity index (χ4v) is 3.05. The van der Waals surface area contributed by atoms with Crippen LogP contribution < -0.4 is 11.1 Å². The van der Waals surface area contributed by atoms with Crippen LogP contribution in [0.3, 0.4) is 0 Å². The number of carbonyl (C=O) groups is 3. The van der Waals surface area contributed by atoms with Crippen LogP contribution in [0, 0.1) is 0 Å². The van der Waals surface area contributed by atoms with E-state index in [-0.39, 0.29) is 18.2 Å². The molecule has 1 aliphatic rings. The Kier molecular flexibility index (Phi) is 6.98. The number of fused-ring (bicyclic) bond motifs is 1. The van der Waals surface area contributed by atoms with E-state index < -0.39 is 12.1 Å². The molecule has 1 aliphatic carbocycles. The number of amides is 2. The van der Waals surface area contributed by atoms with Gasteiger partial charge < -0.3 is 15.8 Å². The van der Waals surface area contributed by atoms with E-state index in [1.54, 1.807) is 6.92 Å². The third-order valence-corrected chi connectivity index (χ3v) is 4.42. The molecule has 136 valence electrons. The lowest BCUT2D eigenvalue weighted by atomic mass is 10.0. The number of nitrogens with one attached hydrogen (secondary N) is 1. The number of hydrogen-bond donors (Lipinski definition) is 2. The largest absolute Gasteiger partial charge is 0.454 e. The molecular weight excluding hydrogens is 320 g/mol. The summed E-state index contributed by atoms with van der Waals surface area (Å²) in [5.41, 5.74) is 8.11. The number of nitrogens with two attached hydrogens (primary N) is 1. The number of aryl methyl sites for hydroxylation is 2. The normalized spacial score (nSPS) is 13.8. The zero-order valence-electron chi connectivity index (χ0n) is 14.7. The Bertz CT molecular complexity index is 642. The average Bonchev–Trinajstić information content (AvgIpc) is 3.04. The van der Waals surface area contributed by atoms with E-state index in [4.69, 9.17) is 10.5 Å². The Balaban J connectivity index is 1.71. The summed E-state index contributed by atoms with van der Waals surface area (Å²) >= 11 is 0. The maximum absolute atomic E-state index is 12.4. The minimum atomic E-state index is -0.775. The molecule has 1 aromatic rings. The quantitative estimate of drug-likeness (QED) is 0.408. The number of ether oxygens (including phenoxy) is 1. The Hall–Kier alpha value is -2.37. The van der Waals surface area contributed by atoms with Gasteiger partial charge in [0, 0.05) is 18.5 Å². The fourth-order valence-electron chi connectivity index (χ4n) is 3.05. The second kappa shape index (κ2) is 9.20. The predicted molar refractivity (Wildman–Crippen MR) is 94.4 cm³/mol. The first-order chi connectivity index (χ1) is 12.0. The third-order valence-electron chi connectivity index (χ3n) is 4.42. The van der Waals surface area contributed by atoms with Crippen LogP contribution in [0.15, 0.2) is 18.2 Å². The van der Waals surface area contributed by atoms with E-state index in [0.717, 1.165) is 32.1 Å². The molecule has 2 rings (SSSR count). The van der Waals surface area contributed by atoms with Crippen molar-refractivity contribution in [2.45, 2.75) is 58.0 Å². The highest BCUT2D eigenvalue weighted by molar-refractivity contribution is 6.00. The van der Waals surface area contributed by atoms with Gasteiger partial charge in [-0.05, 0) is 56.2 Å². The summed E-state index contributed by atoms with van der Waals surface area (Å²) in [4.78, 5) is 34.8. The van der Waals surface area contributed by atoms with Crippen molar-refractivity contribution in [3.63, 3.8) is 0 Å². The van der Waals surface area contributed by atoms with Crippen molar-refractivity contribution < 1.29 is 19.1 Å². The van der Waals surface area contributed by atoms with Crippen molar-refractivity contribution in [3.8, 4) is 0 Å². The van der Waals surface area contributed by atoms with E-state index in [2.05, 4.69) is 5.32 Å². The first-order valence-corrected chi connectivity index (χ1v) is 8.86.